The molecule has 1 aromatic rings. The van der Waals surface area contributed by atoms with Crippen LogP contribution in [0, 0.1) is 5.92 Å². The maximum absolute atomic E-state index is 11.6. The molecule has 100 valence electrons. The summed E-state index contributed by atoms with van der Waals surface area (Å²) in [6.45, 7) is 2.88. The third kappa shape index (κ3) is 2.99. The summed E-state index contributed by atoms with van der Waals surface area (Å²) in [7, 11) is 0. The smallest absolute Gasteiger partial charge is 0.322 e. The zero-order valence-electron chi connectivity index (χ0n) is 10.8. The van der Waals surface area contributed by atoms with Gasteiger partial charge in [-0.1, -0.05) is 6.07 Å². The van der Waals surface area contributed by atoms with Crippen molar-refractivity contribution in [2.75, 3.05) is 0 Å². The molecule has 0 aromatic heterocycles. The number of benzene rings is 1. The Kier molecular flexibility index (Phi) is 3.64. The van der Waals surface area contributed by atoms with Crippen LogP contribution in [0.25, 0.3) is 0 Å². The number of fused-ring (bicyclic) bond motifs is 1. The van der Waals surface area contributed by atoms with E-state index in [1.165, 1.54) is 13.8 Å². The highest BCUT2D eigenvalue weighted by Crippen LogP contribution is 2.29. The van der Waals surface area contributed by atoms with Gasteiger partial charge in [0.15, 0.2) is 0 Å². The Hall–Kier alpha value is -2.17. The number of Topliss-reactive ketones (excluding diaryl/α,β-unsaturated/α-hetero) is 1. The number of ketones is 1. The second kappa shape index (κ2) is 5.22. The summed E-state index contributed by atoms with van der Waals surface area (Å²) >= 11 is 0. The molecule has 0 N–H and O–H groups in total. The quantitative estimate of drug-likeness (QED) is 0.468. The van der Waals surface area contributed by atoms with E-state index in [0.29, 0.717) is 12.2 Å². The number of esters is 2. The van der Waals surface area contributed by atoms with Gasteiger partial charge in [0, 0.05) is 6.92 Å². The van der Waals surface area contributed by atoms with Crippen molar-refractivity contribution in [2.45, 2.75) is 26.9 Å². The number of hydrogen-bond acceptors (Lipinski definition) is 5. The highest BCUT2D eigenvalue weighted by Gasteiger charge is 2.31. The molecule has 1 aromatic carbocycles. The van der Waals surface area contributed by atoms with Crippen molar-refractivity contribution in [2.24, 2.45) is 5.92 Å². The molecule has 1 heterocycles. The summed E-state index contributed by atoms with van der Waals surface area (Å²) in [6.07, 6.45) is 0.331. The van der Waals surface area contributed by atoms with Gasteiger partial charge in [-0.25, -0.2) is 0 Å². The van der Waals surface area contributed by atoms with Crippen molar-refractivity contribution < 1.29 is 23.9 Å². The predicted molar refractivity (Wildman–Crippen MR) is 65.4 cm³/mol. The lowest BCUT2D eigenvalue weighted by Gasteiger charge is -2.22. The minimum absolute atomic E-state index is 0.168. The minimum atomic E-state index is -0.739. The van der Waals surface area contributed by atoms with Gasteiger partial charge in [0.25, 0.3) is 0 Å². The van der Waals surface area contributed by atoms with Crippen LogP contribution < -0.4 is 4.74 Å². The maximum atomic E-state index is 11.6. The second-order valence-corrected chi connectivity index (χ2v) is 4.51. The van der Waals surface area contributed by atoms with E-state index >= 15 is 0 Å². The molecule has 5 heteroatoms. The van der Waals surface area contributed by atoms with Crippen molar-refractivity contribution in [1.29, 1.82) is 0 Å². The standard InChI is InChI=1S/C14H14O5/c1-8(15)12-6-11-5-10(7-18-9(2)16)3-4-13(11)19-14(12)17/h3-5,12H,6-7H2,1-2H3. The van der Waals surface area contributed by atoms with Crippen molar-refractivity contribution in [3.63, 3.8) is 0 Å². The summed E-state index contributed by atoms with van der Waals surface area (Å²) in [6, 6.07) is 5.17. The van der Waals surface area contributed by atoms with E-state index in [9.17, 15) is 14.4 Å². The number of carbonyl (C=O) groups is 3. The van der Waals surface area contributed by atoms with E-state index in [1.54, 1.807) is 18.2 Å². The molecule has 0 amide bonds. The van der Waals surface area contributed by atoms with Crippen LogP contribution >= 0.6 is 0 Å². The van der Waals surface area contributed by atoms with Gasteiger partial charge in [0.05, 0.1) is 0 Å². The first kappa shape index (κ1) is 13.3. The lowest BCUT2D eigenvalue weighted by molar-refractivity contribution is -0.144. The zero-order chi connectivity index (χ0) is 14.0. The molecule has 1 unspecified atom stereocenters. The van der Waals surface area contributed by atoms with Crippen molar-refractivity contribution in [1.82, 2.24) is 0 Å². The van der Waals surface area contributed by atoms with Gasteiger partial charge in [-0.15, -0.1) is 0 Å². The van der Waals surface area contributed by atoms with Gasteiger partial charge in [-0.05, 0) is 36.6 Å². The van der Waals surface area contributed by atoms with Gasteiger partial charge >= 0.3 is 11.9 Å². The highest BCUT2D eigenvalue weighted by molar-refractivity contribution is 5.99. The van der Waals surface area contributed by atoms with Crippen LogP contribution in [0.1, 0.15) is 25.0 Å². The van der Waals surface area contributed by atoms with Crippen LogP contribution in [0.4, 0.5) is 0 Å². The molecule has 1 aliphatic heterocycles. The van der Waals surface area contributed by atoms with Gasteiger partial charge < -0.3 is 9.47 Å². The molecular weight excluding hydrogens is 248 g/mol. The third-order valence-electron chi connectivity index (χ3n) is 2.98. The molecule has 0 saturated carbocycles. The van der Waals surface area contributed by atoms with Crippen molar-refractivity contribution in [3.05, 3.63) is 29.3 Å². The Morgan fingerprint density at radius 3 is 2.74 bits per heavy atom. The van der Waals surface area contributed by atoms with Crippen LogP contribution in [0.15, 0.2) is 18.2 Å². The van der Waals surface area contributed by atoms with Crippen LogP contribution in [0.2, 0.25) is 0 Å². The number of carbonyl (C=O) groups excluding carboxylic acids is 3. The average molecular weight is 262 g/mol. The maximum Gasteiger partial charge on any atom is 0.322 e. The monoisotopic (exact) mass is 262 g/mol. The number of ether oxygens (including phenoxy) is 2. The lowest BCUT2D eigenvalue weighted by Crippen LogP contribution is -2.32. The van der Waals surface area contributed by atoms with Crippen LogP contribution in [-0.4, -0.2) is 17.7 Å². The number of rotatable bonds is 3. The van der Waals surface area contributed by atoms with Crippen LogP contribution in [0.5, 0.6) is 5.75 Å². The summed E-state index contributed by atoms with van der Waals surface area (Å²) in [5, 5.41) is 0. The molecule has 1 aliphatic rings. The van der Waals surface area contributed by atoms with E-state index in [4.69, 9.17) is 9.47 Å². The second-order valence-electron chi connectivity index (χ2n) is 4.51. The zero-order valence-corrected chi connectivity index (χ0v) is 10.8. The summed E-state index contributed by atoms with van der Waals surface area (Å²) < 4.78 is 10.0. The van der Waals surface area contributed by atoms with Crippen LogP contribution in [-0.2, 0) is 32.1 Å². The Morgan fingerprint density at radius 1 is 1.37 bits per heavy atom. The Labute approximate surface area is 110 Å². The minimum Gasteiger partial charge on any atom is -0.461 e. The molecule has 0 fully saturated rings. The fourth-order valence-corrected chi connectivity index (χ4v) is 1.96. The fourth-order valence-electron chi connectivity index (χ4n) is 1.96. The molecule has 0 spiro atoms. The average Bonchev–Trinajstić information content (AvgIpc) is 2.35. The summed E-state index contributed by atoms with van der Waals surface area (Å²) in [4.78, 5) is 33.7. The molecule has 0 saturated heterocycles. The molecular formula is C14H14O5. The Balaban J connectivity index is 2.20. The van der Waals surface area contributed by atoms with Crippen LogP contribution in [0.3, 0.4) is 0 Å². The molecule has 19 heavy (non-hydrogen) atoms. The highest BCUT2D eigenvalue weighted by atomic mass is 16.5. The molecule has 0 radical (unpaired) electrons. The summed E-state index contributed by atoms with van der Waals surface area (Å²) in [5.74, 6) is -1.34. The molecule has 5 nitrogen and oxygen atoms in total. The molecule has 1 atom stereocenters. The van der Waals surface area contributed by atoms with E-state index in [1.807, 2.05) is 0 Å². The SMILES string of the molecule is CC(=O)OCc1ccc2c(c1)CC(C(C)=O)C(=O)O2. The number of hydrogen-bond donors (Lipinski definition) is 0. The predicted octanol–water partition coefficient (Wildman–Crippen LogP) is 1.42. The van der Waals surface area contributed by atoms with Gasteiger partial charge in [-0.2, -0.15) is 0 Å². The largest absolute Gasteiger partial charge is 0.461 e. The van der Waals surface area contributed by atoms with Gasteiger partial charge in [0.1, 0.15) is 24.1 Å². The van der Waals surface area contributed by atoms with Gasteiger partial charge in [-0.3, -0.25) is 14.4 Å². The Bertz CT molecular complexity index is 547. The molecule has 0 bridgehead atoms. The van der Waals surface area contributed by atoms with E-state index in [0.717, 1.165) is 11.1 Å². The van der Waals surface area contributed by atoms with Gasteiger partial charge in [0.2, 0.25) is 0 Å². The van der Waals surface area contributed by atoms with Crippen molar-refractivity contribution >= 4 is 17.7 Å². The summed E-state index contributed by atoms with van der Waals surface area (Å²) in [5.41, 5.74) is 1.58. The topological polar surface area (TPSA) is 69.7 Å². The lowest BCUT2D eigenvalue weighted by atomic mass is 9.92. The van der Waals surface area contributed by atoms with Crippen molar-refractivity contribution in [3.8, 4) is 5.75 Å². The first-order chi connectivity index (χ1) is 8.97. The fraction of sp³-hybridized carbons (Fsp3) is 0.357. The normalized spacial score (nSPS) is 17.4. The van der Waals surface area contributed by atoms with E-state index in [2.05, 4.69) is 0 Å². The first-order valence-corrected chi connectivity index (χ1v) is 5.94. The molecule has 2 rings (SSSR count). The Morgan fingerprint density at radius 2 is 2.11 bits per heavy atom. The third-order valence-corrected chi connectivity index (χ3v) is 2.98. The molecule has 0 aliphatic carbocycles. The van der Waals surface area contributed by atoms with E-state index < -0.39 is 11.9 Å². The first-order valence-electron chi connectivity index (χ1n) is 5.94. The van der Waals surface area contributed by atoms with E-state index in [-0.39, 0.29) is 18.4 Å².